The van der Waals surface area contributed by atoms with Crippen LogP contribution in [0.15, 0.2) is 11.6 Å². The summed E-state index contributed by atoms with van der Waals surface area (Å²) in [7, 11) is 5.09. The molecule has 0 saturated heterocycles. The number of nitrogens with zero attached hydrogens (tertiary/aromatic N) is 2. The molecule has 0 bridgehead atoms. The molecular formula is C24H45N3O5. The third-order valence-corrected chi connectivity index (χ3v) is 5.33. The molecule has 2 N–H and O–H groups in total. The van der Waals surface area contributed by atoms with E-state index in [2.05, 4.69) is 5.32 Å². The summed E-state index contributed by atoms with van der Waals surface area (Å²) in [6, 6.07) is -2.03. The van der Waals surface area contributed by atoms with Crippen molar-refractivity contribution in [3.63, 3.8) is 0 Å². The molecule has 0 fully saturated rings. The lowest BCUT2D eigenvalue weighted by Gasteiger charge is -2.40. The van der Waals surface area contributed by atoms with Crippen molar-refractivity contribution in [2.75, 3.05) is 27.7 Å². The Morgan fingerprint density at radius 2 is 1.56 bits per heavy atom. The van der Waals surface area contributed by atoms with Gasteiger partial charge in [-0.05, 0) is 53.1 Å². The van der Waals surface area contributed by atoms with Crippen molar-refractivity contribution < 1.29 is 24.2 Å². The second-order valence-corrected chi connectivity index (χ2v) is 10.6. The van der Waals surface area contributed by atoms with E-state index < -0.39 is 35.0 Å². The molecule has 0 aromatic carbocycles. The summed E-state index contributed by atoms with van der Waals surface area (Å²) < 4.78 is 5.06. The summed E-state index contributed by atoms with van der Waals surface area (Å²) in [5.74, 6) is -1.09. The van der Waals surface area contributed by atoms with Gasteiger partial charge in [0.05, 0.1) is 18.2 Å². The average molecular weight is 456 g/mol. The summed E-state index contributed by atoms with van der Waals surface area (Å²) in [6.07, 6.45) is 1.74. The van der Waals surface area contributed by atoms with E-state index in [-0.39, 0.29) is 24.5 Å². The molecule has 32 heavy (non-hydrogen) atoms. The highest BCUT2D eigenvalue weighted by molar-refractivity contribution is 5.91. The highest BCUT2D eigenvalue weighted by Crippen LogP contribution is 2.25. The molecule has 0 spiro atoms. The fourth-order valence-electron chi connectivity index (χ4n) is 3.73. The van der Waals surface area contributed by atoms with Gasteiger partial charge in [0.15, 0.2) is 0 Å². The lowest BCUT2D eigenvalue weighted by molar-refractivity contribution is -0.144. The first-order valence-electron chi connectivity index (χ1n) is 11.2. The standard InChI is InChI=1S/C24H45N3O5/c1-13-32-22(30)16(4)14-17(15(2)3)27(12)21(29)18(23(5,6)7)25-20(28)19(26(10)11)24(8,9)31/h14-15,17-19,31H,13H2,1-12H3,(H,25,28)/b16-14+/t17-,18-,19-/m1/s1. The molecule has 2 amide bonds. The first-order chi connectivity index (χ1) is 14.4. The molecule has 0 saturated carbocycles. The number of aliphatic hydroxyl groups is 1. The number of hydrogen-bond donors (Lipinski definition) is 2. The predicted molar refractivity (Wildman–Crippen MR) is 127 cm³/mol. The first kappa shape index (κ1) is 30.1. The number of hydrogen-bond acceptors (Lipinski definition) is 6. The Morgan fingerprint density at radius 1 is 1.06 bits per heavy atom. The fourth-order valence-corrected chi connectivity index (χ4v) is 3.73. The number of carbonyl (C=O) groups excluding carboxylic acids is 3. The van der Waals surface area contributed by atoms with E-state index in [1.165, 1.54) is 0 Å². The highest BCUT2D eigenvalue weighted by Gasteiger charge is 2.41. The van der Waals surface area contributed by atoms with Gasteiger partial charge < -0.3 is 20.1 Å². The molecule has 0 radical (unpaired) electrons. The molecule has 0 heterocycles. The minimum Gasteiger partial charge on any atom is -0.463 e. The molecule has 8 heteroatoms. The molecule has 0 unspecified atom stereocenters. The van der Waals surface area contributed by atoms with Crippen LogP contribution < -0.4 is 5.32 Å². The molecule has 0 aliphatic carbocycles. The van der Waals surface area contributed by atoms with Crippen molar-refractivity contribution in [1.82, 2.24) is 15.1 Å². The van der Waals surface area contributed by atoms with Gasteiger partial charge in [0, 0.05) is 12.6 Å². The van der Waals surface area contributed by atoms with Crippen molar-refractivity contribution in [3.8, 4) is 0 Å². The second-order valence-electron chi connectivity index (χ2n) is 10.6. The SMILES string of the molecule is CCOC(=O)/C(C)=C/[C@H](C(C)C)N(C)C(=O)[C@@H](NC(=O)[C@@H](N(C)C)C(C)(C)O)C(C)(C)C. The van der Waals surface area contributed by atoms with Crippen LogP contribution in [0.4, 0.5) is 0 Å². The summed E-state index contributed by atoms with van der Waals surface area (Å²) in [4.78, 5) is 42.0. The van der Waals surface area contributed by atoms with Gasteiger partial charge in [0.25, 0.3) is 0 Å². The second kappa shape index (κ2) is 11.8. The third kappa shape index (κ3) is 8.54. The molecule has 0 rings (SSSR count). The normalized spacial score (nSPS) is 15.9. The smallest absolute Gasteiger partial charge is 0.333 e. The van der Waals surface area contributed by atoms with Crippen molar-refractivity contribution in [1.29, 1.82) is 0 Å². The monoisotopic (exact) mass is 455 g/mol. The van der Waals surface area contributed by atoms with Crippen LogP contribution in [0, 0.1) is 11.3 Å². The number of amides is 2. The predicted octanol–water partition coefficient (Wildman–Crippen LogP) is 2.21. The van der Waals surface area contributed by atoms with Crippen LogP contribution in [0.2, 0.25) is 0 Å². The summed E-state index contributed by atoms with van der Waals surface area (Å²) in [6.45, 7) is 16.4. The highest BCUT2D eigenvalue weighted by atomic mass is 16.5. The van der Waals surface area contributed by atoms with Crippen LogP contribution in [0.3, 0.4) is 0 Å². The Bertz CT molecular complexity index is 687. The molecule has 186 valence electrons. The van der Waals surface area contributed by atoms with Crippen LogP contribution in [0.1, 0.15) is 62.3 Å². The van der Waals surface area contributed by atoms with Gasteiger partial charge in [-0.3, -0.25) is 14.5 Å². The lowest BCUT2D eigenvalue weighted by atomic mass is 9.84. The number of esters is 1. The molecule has 0 aliphatic heterocycles. The van der Waals surface area contributed by atoms with E-state index in [9.17, 15) is 19.5 Å². The molecule has 0 aromatic rings. The van der Waals surface area contributed by atoms with E-state index in [1.807, 2.05) is 34.6 Å². The molecule has 3 atom stereocenters. The van der Waals surface area contributed by atoms with Gasteiger partial charge in [0.2, 0.25) is 11.8 Å². The topological polar surface area (TPSA) is 99.2 Å². The van der Waals surface area contributed by atoms with Gasteiger partial charge in [0.1, 0.15) is 12.1 Å². The van der Waals surface area contributed by atoms with E-state index in [0.29, 0.717) is 5.57 Å². The Hall–Kier alpha value is -1.93. The zero-order valence-corrected chi connectivity index (χ0v) is 22.1. The summed E-state index contributed by atoms with van der Waals surface area (Å²) in [5, 5.41) is 13.4. The first-order valence-corrected chi connectivity index (χ1v) is 11.2. The average Bonchev–Trinajstić information content (AvgIpc) is 2.60. The van der Waals surface area contributed by atoms with Gasteiger partial charge in [-0.25, -0.2) is 4.79 Å². The van der Waals surface area contributed by atoms with E-state index >= 15 is 0 Å². The fraction of sp³-hybridized carbons (Fsp3) is 0.792. The van der Waals surface area contributed by atoms with Gasteiger partial charge >= 0.3 is 5.97 Å². The number of rotatable bonds is 10. The van der Waals surface area contributed by atoms with Gasteiger partial charge in [-0.2, -0.15) is 0 Å². The van der Waals surface area contributed by atoms with Crippen LogP contribution in [-0.2, 0) is 19.1 Å². The molecule has 0 aliphatic rings. The Labute approximate surface area is 194 Å². The molecule has 0 aromatic heterocycles. The minimum absolute atomic E-state index is 0.0237. The zero-order chi connectivity index (χ0) is 25.6. The van der Waals surface area contributed by atoms with E-state index in [1.54, 1.807) is 64.7 Å². The minimum atomic E-state index is -1.30. The molecular weight excluding hydrogens is 410 g/mol. The van der Waals surface area contributed by atoms with Gasteiger partial charge in [-0.1, -0.05) is 40.7 Å². The third-order valence-electron chi connectivity index (χ3n) is 5.33. The zero-order valence-electron chi connectivity index (χ0n) is 22.1. The van der Waals surface area contributed by atoms with Crippen LogP contribution >= 0.6 is 0 Å². The number of nitrogens with one attached hydrogen (secondary N) is 1. The van der Waals surface area contributed by atoms with Crippen molar-refractivity contribution in [3.05, 3.63) is 11.6 Å². The Balaban J connectivity index is 6.01. The number of carbonyl (C=O) groups is 3. The van der Waals surface area contributed by atoms with Crippen molar-refractivity contribution in [2.45, 2.75) is 86.0 Å². The number of likely N-dealkylation sites (N-methyl/N-ethyl adjacent to an activating group) is 2. The summed E-state index contributed by atoms with van der Waals surface area (Å²) in [5.41, 5.74) is -1.46. The van der Waals surface area contributed by atoms with Crippen LogP contribution in [0.5, 0.6) is 0 Å². The Kier molecular flexibility index (Phi) is 11.1. The lowest BCUT2D eigenvalue weighted by Crippen LogP contribution is -2.62. The van der Waals surface area contributed by atoms with E-state index in [0.717, 1.165) is 0 Å². The maximum absolute atomic E-state index is 13.6. The Morgan fingerprint density at radius 3 is 1.91 bits per heavy atom. The summed E-state index contributed by atoms with van der Waals surface area (Å²) >= 11 is 0. The van der Waals surface area contributed by atoms with Gasteiger partial charge in [-0.15, -0.1) is 0 Å². The van der Waals surface area contributed by atoms with Crippen LogP contribution in [0.25, 0.3) is 0 Å². The van der Waals surface area contributed by atoms with Crippen molar-refractivity contribution in [2.24, 2.45) is 11.3 Å². The maximum Gasteiger partial charge on any atom is 0.333 e. The van der Waals surface area contributed by atoms with Crippen LogP contribution in [-0.4, -0.2) is 84.2 Å². The maximum atomic E-state index is 13.6. The molecule has 8 nitrogen and oxygen atoms in total. The van der Waals surface area contributed by atoms with Crippen molar-refractivity contribution >= 4 is 17.8 Å². The largest absolute Gasteiger partial charge is 0.463 e. The van der Waals surface area contributed by atoms with E-state index in [4.69, 9.17) is 4.74 Å². The number of ether oxygens (including phenoxy) is 1. The quantitative estimate of drug-likeness (QED) is 0.387.